The third-order valence-electron chi connectivity index (χ3n) is 4.53. The number of rotatable bonds is 3. The average molecular weight is 318 g/mol. The van der Waals surface area contributed by atoms with E-state index in [2.05, 4.69) is 26.5 Å². The number of nitriles is 1. The Kier molecular flexibility index (Phi) is 3.93. The Morgan fingerprint density at radius 1 is 1.25 bits per heavy atom. The van der Waals surface area contributed by atoms with Crippen molar-refractivity contribution in [3.63, 3.8) is 0 Å². The van der Waals surface area contributed by atoms with Gasteiger partial charge in [0, 0.05) is 18.3 Å². The standard InChI is InChI=1S/C18H18N6/c19-8-14-2-1-3-16-18(14)23-17(10-21-16)15-9-22-24(12-15)11-13-4-6-20-7-5-13/h1-3,9-10,12-13,20H,4-7,11H2. The third kappa shape index (κ3) is 2.86. The van der Waals surface area contributed by atoms with E-state index in [1.54, 1.807) is 12.3 Å². The highest BCUT2D eigenvalue weighted by Crippen LogP contribution is 2.21. The number of benzene rings is 1. The molecule has 3 heterocycles. The van der Waals surface area contributed by atoms with Crippen LogP contribution in [0.5, 0.6) is 0 Å². The molecule has 1 aliphatic rings. The second-order valence-electron chi connectivity index (χ2n) is 6.18. The van der Waals surface area contributed by atoms with Crippen LogP contribution >= 0.6 is 0 Å². The summed E-state index contributed by atoms with van der Waals surface area (Å²) >= 11 is 0. The molecule has 6 nitrogen and oxygen atoms in total. The van der Waals surface area contributed by atoms with E-state index >= 15 is 0 Å². The molecule has 1 fully saturated rings. The van der Waals surface area contributed by atoms with Gasteiger partial charge in [0.2, 0.25) is 0 Å². The van der Waals surface area contributed by atoms with Gasteiger partial charge in [-0.1, -0.05) is 6.07 Å². The maximum absolute atomic E-state index is 9.24. The highest BCUT2D eigenvalue weighted by Gasteiger charge is 2.15. The summed E-state index contributed by atoms with van der Waals surface area (Å²) < 4.78 is 1.99. The topological polar surface area (TPSA) is 79.4 Å². The first kappa shape index (κ1) is 14.8. The minimum Gasteiger partial charge on any atom is -0.317 e. The van der Waals surface area contributed by atoms with E-state index in [1.165, 1.54) is 12.8 Å². The van der Waals surface area contributed by atoms with Crippen LogP contribution in [0.3, 0.4) is 0 Å². The van der Waals surface area contributed by atoms with Gasteiger partial charge in [0.25, 0.3) is 0 Å². The molecule has 0 atom stereocenters. The SMILES string of the molecule is N#Cc1cccc2ncc(-c3cnn(CC4CCNCC4)c3)nc12. The van der Waals surface area contributed by atoms with Gasteiger partial charge in [0.1, 0.15) is 11.6 Å². The van der Waals surface area contributed by atoms with E-state index < -0.39 is 0 Å². The number of nitrogens with one attached hydrogen (secondary N) is 1. The molecule has 4 rings (SSSR count). The van der Waals surface area contributed by atoms with Gasteiger partial charge in [-0.05, 0) is 44.0 Å². The molecule has 0 unspecified atom stereocenters. The fourth-order valence-corrected chi connectivity index (χ4v) is 3.19. The van der Waals surface area contributed by atoms with Crippen molar-refractivity contribution < 1.29 is 0 Å². The highest BCUT2D eigenvalue weighted by atomic mass is 15.3. The molecule has 0 spiro atoms. The van der Waals surface area contributed by atoms with Crippen molar-refractivity contribution in [2.24, 2.45) is 5.92 Å². The molecule has 24 heavy (non-hydrogen) atoms. The Morgan fingerprint density at radius 2 is 2.12 bits per heavy atom. The van der Waals surface area contributed by atoms with Crippen molar-refractivity contribution in [3.8, 4) is 17.3 Å². The van der Waals surface area contributed by atoms with E-state index in [1.807, 2.05) is 29.2 Å². The maximum Gasteiger partial charge on any atom is 0.107 e. The van der Waals surface area contributed by atoms with Gasteiger partial charge in [0.05, 0.1) is 29.2 Å². The van der Waals surface area contributed by atoms with Crippen LogP contribution in [0.2, 0.25) is 0 Å². The van der Waals surface area contributed by atoms with Crippen LogP contribution in [0.1, 0.15) is 18.4 Å². The lowest BCUT2D eigenvalue weighted by Crippen LogP contribution is -2.29. The van der Waals surface area contributed by atoms with Crippen LogP contribution < -0.4 is 5.32 Å². The first-order valence-electron chi connectivity index (χ1n) is 8.23. The predicted molar refractivity (Wildman–Crippen MR) is 91.1 cm³/mol. The summed E-state index contributed by atoms with van der Waals surface area (Å²) in [5.41, 5.74) is 3.61. The summed E-state index contributed by atoms with van der Waals surface area (Å²) in [7, 11) is 0. The number of hydrogen-bond acceptors (Lipinski definition) is 5. The summed E-state index contributed by atoms with van der Waals surface area (Å²) in [4.78, 5) is 9.06. The van der Waals surface area contributed by atoms with Crippen LogP contribution in [0.25, 0.3) is 22.3 Å². The molecular weight excluding hydrogens is 300 g/mol. The van der Waals surface area contributed by atoms with Crippen molar-refractivity contribution in [2.45, 2.75) is 19.4 Å². The zero-order valence-corrected chi connectivity index (χ0v) is 13.3. The number of fused-ring (bicyclic) bond motifs is 1. The molecule has 1 aromatic carbocycles. The van der Waals surface area contributed by atoms with Gasteiger partial charge in [-0.3, -0.25) is 9.67 Å². The molecule has 2 aromatic heterocycles. The van der Waals surface area contributed by atoms with Crippen LogP contribution in [0, 0.1) is 17.2 Å². The lowest BCUT2D eigenvalue weighted by Gasteiger charge is -2.22. The fraction of sp³-hybridized carbons (Fsp3) is 0.333. The normalized spacial score (nSPS) is 15.5. The Bertz CT molecular complexity index is 901. The molecule has 0 saturated carbocycles. The minimum atomic E-state index is 0.545. The summed E-state index contributed by atoms with van der Waals surface area (Å²) in [5, 5.41) is 17.1. The molecule has 0 bridgehead atoms. The summed E-state index contributed by atoms with van der Waals surface area (Å²) in [6.45, 7) is 3.11. The quantitative estimate of drug-likeness (QED) is 0.802. The monoisotopic (exact) mass is 318 g/mol. The van der Waals surface area contributed by atoms with Crippen molar-refractivity contribution in [1.82, 2.24) is 25.1 Å². The van der Waals surface area contributed by atoms with Gasteiger partial charge in [-0.2, -0.15) is 10.4 Å². The average Bonchev–Trinajstić information content (AvgIpc) is 3.10. The van der Waals surface area contributed by atoms with Crippen molar-refractivity contribution in [2.75, 3.05) is 13.1 Å². The van der Waals surface area contributed by atoms with Crippen molar-refractivity contribution in [1.29, 1.82) is 5.26 Å². The zero-order chi connectivity index (χ0) is 16.4. The Morgan fingerprint density at radius 3 is 2.96 bits per heavy atom. The lowest BCUT2D eigenvalue weighted by molar-refractivity contribution is 0.321. The van der Waals surface area contributed by atoms with Gasteiger partial charge >= 0.3 is 0 Å². The van der Waals surface area contributed by atoms with E-state index in [9.17, 15) is 5.26 Å². The summed E-state index contributed by atoms with van der Waals surface area (Å²) in [6, 6.07) is 7.64. The zero-order valence-electron chi connectivity index (χ0n) is 13.3. The van der Waals surface area contributed by atoms with E-state index in [4.69, 9.17) is 0 Å². The number of nitrogens with zero attached hydrogens (tertiary/aromatic N) is 5. The summed E-state index contributed by atoms with van der Waals surface area (Å²) in [5.74, 6) is 0.673. The van der Waals surface area contributed by atoms with Gasteiger partial charge in [-0.15, -0.1) is 0 Å². The summed E-state index contributed by atoms with van der Waals surface area (Å²) in [6.07, 6.45) is 7.97. The minimum absolute atomic E-state index is 0.545. The first-order valence-corrected chi connectivity index (χ1v) is 8.23. The maximum atomic E-state index is 9.24. The van der Waals surface area contributed by atoms with Crippen molar-refractivity contribution in [3.05, 3.63) is 42.4 Å². The molecule has 1 aliphatic heterocycles. The fourth-order valence-electron chi connectivity index (χ4n) is 3.19. The van der Waals surface area contributed by atoms with Crippen LogP contribution in [0.15, 0.2) is 36.8 Å². The Hall–Kier alpha value is -2.78. The molecule has 0 amide bonds. The van der Waals surface area contributed by atoms with Crippen molar-refractivity contribution >= 4 is 11.0 Å². The first-order chi connectivity index (χ1) is 11.8. The van der Waals surface area contributed by atoms with Gasteiger partial charge in [-0.25, -0.2) is 4.98 Å². The third-order valence-corrected chi connectivity index (χ3v) is 4.53. The van der Waals surface area contributed by atoms with Crippen LogP contribution in [-0.4, -0.2) is 32.8 Å². The molecule has 6 heteroatoms. The molecular formula is C18H18N6. The van der Waals surface area contributed by atoms with Crippen LogP contribution in [0.4, 0.5) is 0 Å². The Balaban J connectivity index is 1.62. The predicted octanol–water partition coefficient (Wildman–Crippen LogP) is 2.36. The second-order valence-corrected chi connectivity index (χ2v) is 6.18. The number of piperidine rings is 1. The second kappa shape index (κ2) is 6.38. The largest absolute Gasteiger partial charge is 0.317 e. The molecule has 1 saturated heterocycles. The highest BCUT2D eigenvalue weighted by molar-refractivity contribution is 5.82. The number of hydrogen-bond donors (Lipinski definition) is 1. The van der Waals surface area contributed by atoms with E-state index in [0.717, 1.165) is 36.4 Å². The molecule has 0 radical (unpaired) electrons. The number of aromatic nitrogens is 4. The van der Waals surface area contributed by atoms with E-state index in [-0.39, 0.29) is 0 Å². The molecule has 0 aliphatic carbocycles. The Labute approximate surface area is 140 Å². The van der Waals surface area contributed by atoms with Gasteiger partial charge in [0.15, 0.2) is 0 Å². The smallest absolute Gasteiger partial charge is 0.107 e. The van der Waals surface area contributed by atoms with Crippen LogP contribution in [-0.2, 0) is 6.54 Å². The molecule has 1 N–H and O–H groups in total. The van der Waals surface area contributed by atoms with E-state index in [0.29, 0.717) is 17.0 Å². The lowest BCUT2D eigenvalue weighted by atomic mass is 9.98. The molecule has 120 valence electrons. The molecule has 3 aromatic rings. The number of para-hydroxylation sites is 1. The van der Waals surface area contributed by atoms with Gasteiger partial charge < -0.3 is 5.32 Å².